The van der Waals surface area contributed by atoms with Gasteiger partial charge in [0.1, 0.15) is 10.5 Å². The van der Waals surface area contributed by atoms with Gasteiger partial charge in [-0.05, 0) is 33.2 Å². The monoisotopic (exact) mass is 147 g/mol. The molecular formula is C6H17NOSi. The maximum absolute atomic E-state index is 5.35. The van der Waals surface area contributed by atoms with Crippen molar-refractivity contribution in [1.29, 1.82) is 0 Å². The third-order valence-corrected chi connectivity index (χ3v) is 2.64. The van der Waals surface area contributed by atoms with Gasteiger partial charge in [-0.1, -0.05) is 0 Å². The van der Waals surface area contributed by atoms with Crippen molar-refractivity contribution in [2.24, 2.45) is 5.73 Å². The summed E-state index contributed by atoms with van der Waals surface area (Å²) in [5.41, 5.74) is 5.42. The van der Waals surface area contributed by atoms with E-state index in [0.29, 0.717) is 0 Å². The molecule has 0 aromatic carbocycles. The van der Waals surface area contributed by atoms with E-state index in [1.165, 1.54) is 0 Å². The fraction of sp³-hybridized carbons (Fsp3) is 1.00. The molecule has 0 aromatic heterocycles. The van der Waals surface area contributed by atoms with Crippen molar-refractivity contribution in [2.75, 3.05) is 6.54 Å². The summed E-state index contributed by atoms with van der Waals surface area (Å²) in [6.45, 7) is 4.99. The van der Waals surface area contributed by atoms with Gasteiger partial charge in [0.25, 0.3) is 0 Å². The SMILES string of the molecule is CC(C)(CCCN)O[SiH3]. The summed E-state index contributed by atoms with van der Waals surface area (Å²) >= 11 is 0. The zero-order chi connectivity index (χ0) is 7.33. The van der Waals surface area contributed by atoms with Crippen molar-refractivity contribution in [3.05, 3.63) is 0 Å². The summed E-state index contributed by atoms with van der Waals surface area (Å²) in [6, 6.07) is 0. The van der Waals surface area contributed by atoms with Crippen LogP contribution < -0.4 is 5.73 Å². The summed E-state index contributed by atoms with van der Waals surface area (Å²) in [4.78, 5) is 0. The van der Waals surface area contributed by atoms with Gasteiger partial charge in [-0.25, -0.2) is 0 Å². The molecule has 0 radical (unpaired) electrons. The lowest BCUT2D eigenvalue weighted by Crippen LogP contribution is -2.23. The van der Waals surface area contributed by atoms with E-state index in [1.54, 1.807) is 0 Å². The molecule has 0 aliphatic rings. The summed E-state index contributed by atoms with van der Waals surface area (Å²) < 4.78 is 5.32. The Morgan fingerprint density at radius 1 is 1.56 bits per heavy atom. The molecule has 0 bridgehead atoms. The van der Waals surface area contributed by atoms with E-state index in [-0.39, 0.29) is 5.60 Å². The van der Waals surface area contributed by atoms with Crippen LogP contribution in [0.4, 0.5) is 0 Å². The predicted molar refractivity (Wildman–Crippen MR) is 43.4 cm³/mol. The largest absolute Gasteiger partial charge is 0.423 e. The molecule has 0 spiro atoms. The first kappa shape index (κ1) is 9.14. The molecule has 0 atom stereocenters. The smallest absolute Gasteiger partial charge is 0.146 e. The normalized spacial score (nSPS) is 12.3. The van der Waals surface area contributed by atoms with Crippen LogP contribution in [-0.2, 0) is 4.43 Å². The third-order valence-electron chi connectivity index (χ3n) is 1.54. The Bertz CT molecular complexity index is 75.5. The Morgan fingerprint density at radius 3 is 2.44 bits per heavy atom. The van der Waals surface area contributed by atoms with Gasteiger partial charge in [-0.3, -0.25) is 0 Å². The Morgan fingerprint density at radius 2 is 2.11 bits per heavy atom. The average molecular weight is 147 g/mol. The molecule has 0 unspecified atom stereocenters. The summed E-state index contributed by atoms with van der Waals surface area (Å²) in [7, 11) is 0.823. The second kappa shape index (κ2) is 4.03. The maximum atomic E-state index is 5.35. The van der Waals surface area contributed by atoms with Crippen LogP contribution in [-0.4, -0.2) is 22.6 Å². The molecule has 9 heavy (non-hydrogen) atoms. The minimum Gasteiger partial charge on any atom is -0.423 e. The molecule has 0 aromatic rings. The molecule has 0 amide bonds. The lowest BCUT2D eigenvalue weighted by Gasteiger charge is -2.22. The average Bonchev–Trinajstić information content (AvgIpc) is 1.84. The fourth-order valence-corrected chi connectivity index (χ4v) is 0.834. The predicted octanol–water partition coefficient (Wildman–Crippen LogP) is -0.199. The third kappa shape index (κ3) is 4.63. The highest BCUT2D eigenvalue weighted by Gasteiger charge is 2.13. The second-order valence-electron chi connectivity index (χ2n) is 2.86. The van der Waals surface area contributed by atoms with E-state index in [4.69, 9.17) is 10.2 Å². The molecule has 56 valence electrons. The van der Waals surface area contributed by atoms with Crippen LogP contribution in [0, 0.1) is 0 Å². The van der Waals surface area contributed by atoms with Crippen LogP contribution in [0.5, 0.6) is 0 Å². The van der Waals surface area contributed by atoms with Crippen LogP contribution in [0.1, 0.15) is 26.7 Å². The van der Waals surface area contributed by atoms with Crippen molar-refractivity contribution >= 4 is 10.5 Å². The number of rotatable bonds is 4. The molecule has 0 fully saturated rings. The standard InChI is InChI=1S/C6H17NOSi/c1-6(2,8-9)4-3-5-7/h3-5,7H2,1-2,9H3. The lowest BCUT2D eigenvalue weighted by atomic mass is 10.0. The summed E-state index contributed by atoms with van der Waals surface area (Å²) in [6.07, 6.45) is 2.14. The van der Waals surface area contributed by atoms with Gasteiger partial charge in [0.2, 0.25) is 0 Å². The van der Waals surface area contributed by atoms with Crippen LogP contribution in [0.25, 0.3) is 0 Å². The fourth-order valence-electron chi connectivity index (χ4n) is 0.630. The van der Waals surface area contributed by atoms with Gasteiger partial charge in [-0.2, -0.15) is 0 Å². The molecular weight excluding hydrogens is 130 g/mol. The molecule has 0 heterocycles. The van der Waals surface area contributed by atoms with Crippen LogP contribution in [0.15, 0.2) is 0 Å². The van der Waals surface area contributed by atoms with Crippen molar-refractivity contribution in [2.45, 2.75) is 32.3 Å². The minimum absolute atomic E-state index is 0.0750. The second-order valence-corrected chi connectivity index (χ2v) is 3.26. The van der Waals surface area contributed by atoms with Gasteiger partial charge in [-0.15, -0.1) is 0 Å². The van der Waals surface area contributed by atoms with Crippen LogP contribution in [0.2, 0.25) is 0 Å². The van der Waals surface area contributed by atoms with Crippen LogP contribution in [0.3, 0.4) is 0 Å². The molecule has 2 N–H and O–H groups in total. The zero-order valence-electron chi connectivity index (χ0n) is 6.61. The molecule has 0 saturated carbocycles. The molecule has 2 nitrogen and oxygen atoms in total. The molecule has 0 saturated heterocycles. The Kier molecular flexibility index (Phi) is 4.09. The van der Waals surface area contributed by atoms with E-state index < -0.39 is 0 Å². The minimum atomic E-state index is 0.0750. The zero-order valence-corrected chi connectivity index (χ0v) is 8.61. The number of nitrogens with two attached hydrogens (primary N) is 1. The molecule has 0 aliphatic heterocycles. The van der Waals surface area contributed by atoms with Crippen molar-refractivity contribution < 1.29 is 4.43 Å². The van der Waals surface area contributed by atoms with Gasteiger partial charge < -0.3 is 10.2 Å². The molecule has 3 heteroatoms. The first-order valence-corrected chi connectivity index (χ1v) is 4.19. The summed E-state index contributed by atoms with van der Waals surface area (Å²) in [5, 5.41) is 0. The van der Waals surface area contributed by atoms with Gasteiger partial charge in [0.15, 0.2) is 0 Å². The highest BCUT2D eigenvalue weighted by atomic mass is 28.2. The van der Waals surface area contributed by atoms with Crippen LogP contribution >= 0.6 is 0 Å². The topological polar surface area (TPSA) is 35.2 Å². The van der Waals surface area contributed by atoms with Gasteiger partial charge in [0.05, 0.1) is 0 Å². The van der Waals surface area contributed by atoms with Crippen molar-refractivity contribution in [3.8, 4) is 0 Å². The van der Waals surface area contributed by atoms with E-state index in [9.17, 15) is 0 Å². The van der Waals surface area contributed by atoms with E-state index in [2.05, 4.69) is 13.8 Å². The first-order valence-electron chi connectivity index (χ1n) is 3.37. The van der Waals surface area contributed by atoms with Crippen molar-refractivity contribution in [1.82, 2.24) is 0 Å². The lowest BCUT2D eigenvalue weighted by molar-refractivity contribution is 0.111. The van der Waals surface area contributed by atoms with E-state index in [0.717, 1.165) is 29.9 Å². The quantitative estimate of drug-likeness (QED) is 0.559. The number of hydrogen-bond donors (Lipinski definition) is 1. The first-order chi connectivity index (χ1) is 4.12. The van der Waals surface area contributed by atoms with Gasteiger partial charge >= 0.3 is 0 Å². The van der Waals surface area contributed by atoms with Crippen molar-refractivity contribution in [3.63, 3.8) is 0 Å². The highest BCUT2D eigenvalue weighted by molar-refractivity contribution is 5.98. The Balaban J connectivity index is 3.33. The highest BCUT2D eigenvalue weighted by Crippen LogP contribution is 2.13. The summed E-state index contributed by atoms with van der Waals surface area (Å²) in [5.74, 6) is 0. The Labute approximate surface area is 60.3 Å². The van der Waals surface area contributed by atoms with E-state index >= 15 is 0 Å². The van der Waals surface area contributed by atoms with E-state index in [1.807, 2.05) is 0 Å². The molecule has 0 aliphatic carbocycles. The Hall–Kier alpha value is 0.137. The van der Waals surface area contributed by atoms with Gasteiger partial charge in [0, 0.05) is 5.60 Å². The number of hydrogen-bond acceptors (Lipinski definition) is 2. The maximum Gasteiger partial charge on any atom is 0.146 e. The molecule has 0 rings (SSSR count).